The fraction of sp³-hybridized carbons (Fsp3) is 0.714. The fourth-order valence-electron chi connectivity index (χ4n) is 3.22. The predicted octanol–water partition coefficient (Wildman–Crippen LogP) is 1.05. The van der Waals surface area contributed by atoms with Gasteiger partial charge in [-0.2, -0.15) is 0 Å². The van der Waals surface area contributed by atoms with Gasteiger partial charge in [0.1, 0.15) is 0 Å². The van der Waals surface area contributed by atoms with Crippen LogP contribution in [0.25, 0.3) is 0 Å². The van der Waals surface area contributed by atoms with E-state index in [2.05, 4.69) is 5.32 Å². The molecule has 4 atom stereocenters. The number of rotatable bonds is 7. The monoisotopic (exact) mass is 267 g/mol. The van der Waals surface area contributed by atoms with Crippen LogP contribution in [0.5, 0.6) is 0 Å². The number of methoxy groups -OCH3 is 1. The van der Waals surface area contributed by atoms with Crippen LogP contribution in [0.2, 0.25) is 0 Å². The van der Waals surface area contributed by atoms with Crippen molar-refractivity contribution in [2.24, 2.45) is 23.7 Å². The van der Waals surface area contributed by atoms with Crippen LogP contribution >= 0.6 is 0 Å². The van der Waals surface area contributed by atoms with Crippen molar-refractivity contribution in [2.75, 3.05) is 20.3 Å². The van der Waals surface area contributed by atoms with Crippen molar-refractivity contribution >= 4 is 11.9 Å². The molecule has 0 heterocycles. The van der Waals surface area contributed by atoms with Gasteiger partial charge in [-0.3, -0.25) is 9.59 Å². The predicted molar refractivity (Wildman–Crippen MR) is 69.5 cm³/mol. The summed E-state index contributed by atoms with van der Waals surface area (Å²) in [6.45, 7) is 1.27. The molecule has 5 heteroatoms. The van der Waals surface area contributed by atoms with E-state index in [1.807, 2.05) is 12.2 Å². The first-order chi connectivity index (χ1) is 9.15. The van der Waals surface area contributed by atoms with E-state index in [1.165, 1.54) is 0 Å². The summed E-state index contributed by atoms with van der Waals surface area (Å²) in [7, 11) is 1.65. The highest BCUT2D eigenvalue weighted by Crippen LogP contribution is 2.48. The largest absolute Gasteiger partial charge is 0.481 e. The SMILES string of the molecule is COCCCCNC(=O)C1C2C=CC(C2)C1C(=O)O. The third-order valence-electron chi connectivity index (χ3n) is 4.12. The Morgan fingerprint density at radius 1 is 1.26 bits per heavy atom. The fourth-order valence-corrected chi connectivity index (χ4v) is 3.22. The normalized spacial score (nSPS) is 31.6. The third-order valence-corrected chi connectivity index (χ3v) is 4.12. The highest BCUT2D eigenvalue weighted by molar-refractivity contribution is 5.86. The number of nitrogens with one attached hydrogen (secondary N) is 1. The second-order valence-corrected chi connectivity index (χ2v) is 5.33. The molecule has 0 aromatic heterocycles. The van der Waals surface area contributed by atoms with E-state index in [-0.39, 0.29) is 17.7 Å². The Morgan fingerprint density at radius 3 is 2.58 bits per heavy atom. The molecule has 2 bridgehead atoms. The molecule has 0 aliphatic heterocycles. The minimum atomic E-state index is -0.851. The second kappa shape index (κ2) is 6.19. The number of carboxylic acids is 1. The maximum Gasteiger partial charge on any atom is 0.307 e. The van der Waals surface area contributed by atoms with Crippen LogP contribution < -0.4 is 5.32 Å². The average Bonchev–Trinajstić information content (AvgIpc) is 2.98. The molecular weight excluding hydrogens is 246 g/mol. The summed E-state index contributed by atoms with van der Waals surface area (Å²) in [6.07, 6.45) is 6.51. The molecule has 106 valence electrons. The summed E-state index contributed by atoms with van der Waals surface area (Å²) >= 11 is 0. The quantitative estimate of drug-likeness (QED) is 0.534. The number of carbonyl (C=O) groups excluding carboxylic acids is 1. The van der Waals surface area contributed by atoms with Gasteiger partial charge < -0.3 is 15.2 Å². The lowest BCUT2D eigenvalue weighted by Gasteiger charge is -2.23. The van der Waals surface area contributed by atoms with Crippen LogP contribution in [0.3, 0.4) is 0 Å². The minimum Gasteiger partial charge on any atom is -0.481 e. The lowest BCUT2D eigenvalue weighted by molar-refractivity contribution is -0.147. The zero-order valence-electron chi connectivity index (χ0n) is 11.2. The number of fused-ring (bicyclic) bond motifs is 2. The molecule has 0 radical (unpaired) electrons. The van der Waals surface area contributed by atoms with Crippen LogP contribution in [0, 0.1) is 23.7 Å². The van der Waals surface area contributed by atoms with Crippen LogP contribution in [0.4, 0.5) is 0 Å². The Morgan fingerprint density at radius 2 is 1.95 bits per heavy atom. The molecule has 0 aromatic carbocycles. The molecule has 1 fully saturated rings. The van der Waals surface area contributed by atoms with E-state index in [9.17, 15) is 14.7 Å². The molecule has 2 aliphatic rings. The van der Waals surface area contributed by atoms with Gasteiger partial charge >= 0.3 is 5.97 Å². The van der Waals surface area contributed by atoms with Crippen molar-refractivity contribution in [1.82, 2.24) is 5.32 Å². The van der Waals surface area contributed by atoms with Crippen LogP contribution in [-0.4, -0.2) is 37.2 Å². The highest BCUT2D eigenvalue weighted by atomic mass is 16.5. The van der Waals surface area contributed by atoms with Crippen molar-refractivity contribution in [3.8, 4) is 0 Å². The van der Waals surface area contributed by atoms with Gasteiger partial charge in [0.15, 0.2) is 0 Å². The zero-order valence-corrected chi connectivity index (χ0v) is 11.2. The van der Waals surface area contributed by atoms with E-state index in [0.29, 0.717) is 13.2 Å². The lowest BCUT2D eigenvalue weighted by atomic mass is 9.82. The van der Waals surface area contributed by atoms with Crippen molar-refractivity contribution < 1.29 is 19.4 Å². The first-order valence-electron chi connectivity index (χ1n) is 6.83. The second-order valence-electron chi connectivity index (χ2n) is 5.33. The van der Waals surface area contributed by atoms with Crippen molar-refractivity contribution in [3.05, 3.63) is 12.2 Å². The molecule has 2 aliphatic carbocycles. The van der Waals surface area contributed by atoms with E-state index >= 15 is 0 Å². The van der Waals surface area contributed by atoms with Gasteiger partial charge in [0.05, 0.1) is 11.8 Å². The summed E-state index contributed by atoms with van der Waals surface area (Å²) in [5.41, 5.74) is 0. The number of ether oxygens (including phenoxy) is 1. The molecular formula is C14H21NO4. The maximum atomic E-state index is 12.1. The number of aliphatic carboxylic acids is 1. The topological polar surface area (TPSA) is 75.6 Å². The van der Waals surface area contributed by atoms with E-state index in [1.54, 1.807) is 7.11 Å². The van der Waals surface area contributed by atoms with Gasteiger partial charge in [-0.15, -0.1) is 0 Å². The number of hydrogen-bond donors (Lipinski definition) is 2. The van der Waals surface area contributed by atoms with Crippen molar-refractivity contribution in [3.63, 3.8) is 0 Å². The number of amides is 1. The number of hydrogen-bond acceptors (Lipinski definition) is 3. The molecule has 1 saturated carbocycles. The Balaban J connectivity index is 1.84. The van der Waals surface area contributed by atoms with Crippen LogP contribution in [-0.2, 0) is 14.3 Å². The van der Waals surface area contributed by atoms with Crippen molar-refractivity contribution in [1.29, 1.82) is 0 Å². The van der Waals surface area contributed by atoms with Gasteiger partial charge in [0.2, 0.25) is 5.91 Å². The average molecular weight is 267 g/mol. The van der Waals surface area contributed by atoms with Gasteiger partial charge in [-0.25, -0.2) is 0 Å². The van der Waals surface area contributed by atoms with Gasteiger partial charge in [0.25, 0.3) is 0 Å². The smallest absolute Gasteiger partial charge is 0.307 e. The summed E-state index contributed by atoms with van der Waals surface area (Å²) in [4.78, 5) is 23.4. The standard InChI is InChI=1S/C14H21NO4/c1-19-7-3-2-6-15-13(16)11-9-4-5-10(8-9)12(11)14(17)18/h4-5,9-12H,2-3,6-8H2,1H3,(H,15,16)(H,17,18). The lowest BCUT2D eigenvalue weighted by Crippen LogP contribution is -2.40. The number of carbonyl (C=O) groups is 2. The summed E-state index contributed by atoms with van der Waals surface area (Å²) in [6, 6.07) is 0. The first-order valence-corrected chi connectivity index (χ1v) is 6.83. The number of unbranched alkanes of at least 4 members (excludes halogenated alkanes) is 1. The van der Waals surface area contributed by atoms with Gasteiger partial charge in [-0.1, -0.05) is 12.2 Å². The zero-order chi connectivity index (χ0) is 13.8. The molecule has 0 saturated heterocycles. The Bertz CT molecular complexity index is 380. The van der Waals surface area contributed by atoms with Gasteiger partial charge in [-0.05, 0) is 31.1 Å². The molecule has 0 aromatic rings. The molecule has 2 rings (SSSR count). The van der Waals surface area contributed by atoms with Gasteiger partial charge in [0, 0.05) is 20.3 Å². The van der Waals surface area contributed by atoms with Crippen LogP contribution in [0.15, 0.2) is 12.2 Å². The molecule has 19 heavy (non-hydrogen) atoms. The third kappa shape index (κ3) is 2.97. The van der Waals surface area contributed by atoms with E-state index in [0.717, 1.165) is 19.3 Å². The summed E-state index contributed by atoms with van der Waals surface area (Å²) < 4.78 is 4.94. The molecule has 0 spiro atoms. The highest BCUT2D eigenvalue weighted by Gasteiger charge is 2.51. The first kappa shape index (κ1) is 14.1. The Labute approximate surface area is 113 Å². The molecule has 2 N–H and O–H groups in total. The van der Waals surface area contributed by atoms with E-state index < -0.39 is 17.8 Å². The number of allylic oxidation sites excluding steroid dienone is 2. The molecule has 1 amide bonds. The molecule has 4 unspecified atom stereocenters. The number of carboxylic acid groups (broad SMARTS) is 1. The van der Waals surface area contributed by atoms with Crippen LogP contribution in [0.1, 0.15) is 19.3 Å². The Hall–Kier alpha value is -1.36. The summed E-state index contributed by atoms with van der Waals surface area (Å²) in [5.74, 6) is -1.77. The Kier molecular flexibility index (Phi) is 4.58. The van der Waals surface area contributed by atoms with E-state index in [4.69, 9.17) is 4.74 Å². The summed E-state index contributed by atoms with van der Waals surface area (Å²) in [5, 5.41) is 12.1. The maximum absolute atomic E-state index is 12.1. The minimum absolute atomic E-state index is 0.0340. The van der Waals surface area contributed by atoms with Crippen molar-refractivity contribution in [2.45, 2.75) is 19.3 Å². The molecule has 5 nitrogen and oxygen atoms in total.